The summed E-state index contributed by atoms with van der Waals surface area (Å²) in [5, 5.41) is 10.2. The van der Waals surface area contributed by atoms with Gasteiger partial charge in [-0.3, -0.25) is 0 Å². The van der Waals surface area contributed by atoms with Crippen LogP contribution in [0.4, 0.5) is 4.79 Å². The van der Waals surface area contributed by atoms with Crippen molar-refractivity contribution in [2.45, 2.75) is 38.8 Å². The molecule has 0 N–H and O–H groups in total. The molecule has 2 aromatic rings. The number of hydrogen-bond acceptors (Lipinski definition) is 4. The van der Waals surface area contributed by atoms with E-state index in [-0.39, 0.29) is 12.1 Å². The molecule has 1 fully saturated rings. The molecule has 0 radical (unpaired) electrons. The van der Waals surface area contributed by atoms with E-state index >= 15 is 0 Å². The van der Waals surface area contributed by atoms with Gasteiger partial charge in [-0.05, 0) is 55.3 Å². The molecule has 7 heteroatoms. The minimum absolute atomic E-state index is 0.0870. The normalized spacial score (nSPS) is 18.0. The van der Waals surface area contributed by atoms with E-state index in [1.54, 1.807) is 4.90 Å². The maximum Gasteiger partial charge on any atom is 0.410 e. The molecule has 1 aliphatic heterocycles. The average Bonchev–Trinajstić information content (AvgIpc) is 3.09. The van der Waals surface area contributed by atoms with Crippen LogP contribution in [-0.4, -0.2) is 39.2 Å². The van der Waals surface area contributed by atoms with Gasteiger partial charge in [0.1, 0.15) is 21.9 Å². The molecule has 0 bridgehead atoms. The van der Waals surface area contributed by atoms with E-state index in [1.807, 2.05) is 43.7 Å². The lowest BCUT2D eigenvalue weighted by molar-refractivity contribution is 0.0289. The number of likely N-dealkylation sites (tertiary alicyclic amines) is 1. The van der Waals surface area contributed by atoms with Crippen molar-refractivity contribution in [2.24, 2.45) is 0 Å². The summed E-state index contributed by atoms with van der Waals surface area (Å²) in [5.74, 6) is 0. The fourth-order valence-electron chi connectivity index (χ4n) is 2.93. The van der Waals surface area contributed by atoms with Crippen molar-refractivity contribution >= 4 is 33.1 Å². The molecular weight excluding hydrogens is 372 g/mol. The highest BCUT2D eigenvalue weighted by atomic mass is 79.9. The molecule has 1 aliphatic rings. The predicted molar refractivity (Wildman–Crippen MR) is 93.6 cm³/mol. The van der Waals surface area contributed by atoms with Gasteiger partial charge in [0.25, 0.3) is 0 Å². The quantitative estimate of drug-likeness (QED) is 0.693. The molecule has 126 valence electrons. The Hall–Kier alpha value is -2.07. The maximum absolute atomic E-state index is 12.2. The molecule has 0 aliphatic carbocycles. The number of aromatic nitrogens is 2. The van der Waals surface area contributed by atoms with Crippen molar-refractivity contribution in [2.75, 3.05) is 13.1 Å². The van der Waals surface area contributed by atoms with Gasteiger partial charge in [0, 0.05) is 24.7 Å². The van der Waals surface area contributed by atoms with E-state index in [0.717, 1.165) is 22.1 Å². The number of carbonyl (C=O) groups is 1. The Kier molecular flexibility index (Phi) is 4.26. The second-order valence-electron chi connectivity index (χ2n) is 6.94. The summed E-state index contributed by atoms with van der Waals surface area (Å²) < 4.78 is 8.17. The Labute approximate surface area is 149 Å². The summed E-state index contributed by atoms with van der Waals surface area (Å²) in [4.78, 5) is 18.5. The van der Waals surface area contributed by atoms with E-state index in [4.69, 9.17) is 4.74 Å². The minimum atomic E-state index is -0.504. The zero-order valence-electron chi connectivity index (χ0n) is 13.9. The molecule has 0 saturated carbocycles. The lowest BCUT2D eigenvalue weighted by Gasteiger charge is -2.24. The number of carbonyl (C=O) groups excluding carboxylic acids is 1. The van der Waals surface area contributed by atoms with E-state index in [9.17, 15) is 10.1 Å². The topological polar surface area (TPSA) is 71.2 Å². The van der Waals surface area contributed by atoms with Gasteiger partial charge in [-0.2, -0.15) is 5.26 Å². The molecule has 2 aromatic heterocycles. The van der Waals surface area contributed by atoms with E-state index in [2.05, 4.69) is 27.0 Å². The lowest BCUT2D eigenvalue weighted by Crippen LogP contribution is -2.35. The third kappa shape index (κ3) is 3.24. The Morgan fingerprint density at radius 3 is 2.88 bits per heavy atom. The van der Waals surface area contributed by atoms with Crippen LogP contribution in [0.3, 0.4) is 0 Å². The first-order chi connectivity index (χ1) is 11.3. The van der Waals surface area contributed by atoms with Crippen molar-refractivity contribution in [3.8, 4) is 6.07 Å². The van der Waals surface area contributed by atoms with Crippen molar-refractivity contribution in [1.29, 1.82) is 5.26 Å². The fourth-order valence-corrected chi connectivity index (χ4v) is 3.23. The number of rotatable bonds is 1. The lowest BCUT2D eigenvalue weighted by atomic mass is 10.2. The highest BCUT2D eigenvalue weighted by molar-refractivity contribution is 9.10. The first-order valence-electron chi connectivity index (χ1n) is 7.83. The van der Waals surface area contributed by atoms with E-state index in [0.29, 0.717) is 18.7 Å². The molecule has 0 aromatic carbocycles. The van der Waals surface area contributed by atoms with Crippen LogP contribution in [0.1, 0.15) is 38.8 Å². The number of pyridine rings is 1. The largest absolute Gasteiger partial charge is 0.444 e. The summed E-state index contributed by atoms with van der Waals surface area (Å²) in [7, 11) is 0. The molecule has 1 saturated heterocycles. The van der Waals surface area contributed by atoms with Gasteiger partial charge in [-0.25, -0.2) is 9.78 Å². The van der Waals surface area contributed by atoms with Gasteiger partial charge >= 0.3 is 6.09 Å². The third-order valence-corrected chi connectivity index (χ3v) is 4.41. The van der Waals surface area contributed by atoms with Crippen molar-refractivity contribution < 1.29 is 9.53 Å². The summed E-state index contributed by atoms with van der Waals surface area (Å²) in [6, 6.07) is 6.02. The minimum Gasteiger partial charge on any atom is -0.444 e. The van der Waals surface area contributed by atoms with Crippen molar-refractivity contribution in [3.63, 3.8) is 0 Å². The van der Waals surface area contributed by atoms with Gasteiger partial charge in [0.15, 0.2) is 0 Å². The van der Waals surface area contributed by atoms with Crippen LogP contribution in [0.25, 0.3) is 11.0 Å². The highest BCUT2D eigenvalue weighted by Crippen LogP contribution is 2.30. The third-order valence-electron chi connectivity index (χ3n) is 3.97. The highest BCUT2D eigenvalue weighted by Gasteiger charge is 2.31. The summed E-state index contributed by atoms with van der Waals surface area (Å²) in [5.41, 5.74) is 0.855. The number of nitriles is 1. The molecule has 1 atom stereocenters. The SMILES string of the molecule is CC(C)(C)OC(=O)N1CC[C@@H](n2cc(C#N)c3ccc(Br)nc32)C1. The van der Waals surface area contributed by atoms with Gasteiger partial charge in [-0.15, -0.1) is 0 Å². The molecule has 3 rings (SSSR count). The summed E-state index contributed by atoms with van der Waals surface area (Å²) in [6.45, 7) is 6.77. The number of amides is 1. The summed E-state index contributed by atoms with van der Waals surface area (Å²) >= 11 is 3.38. The Balaban J connectivity index is 1.86. The number of halogens is 1. The Morgan fingerprint density at radius 1 is 1.46 bits per heavy atom. The summed E-state index contributed by atoms with van der Waals surface area (Å²) in [6.07, 6.45) is 2.34. The first kappa shape index (κ1) is 16.8. The van der Waals surface area contributed by atoms with Crippen molar-refractivity contribution in [1.82, 2.24) is 14.5 Å². The van der Waals surface area contributed by atoms with E-state index < -0.39 is 5.60 Å². The van der Waals surface area contributed by atoms with E-state index in [1.165, 1.54) is 0 Å². The molecule has 24 heavy (non-hydrogen) atoms. The Bertz CT molecular complexity index is 831. The van der Waals surface area contributed by atoms with Crippen molar-refractivity contribution in [3.05, 3.63) is 28.5 Å². The van der Waals surface area contributed by atoms with Crippen LogP contribution in [0.15, 0.2) is 22.9 Å². The maximum atomic E-state index is 12.2. The zero-order chi connectivity index (χ0) is 17.5. The average molecular weight is 391 g/mol. The Morgan fingerprint density at radius 2 is 2.21 bits per heavy atom. The predicted octanol–water partition coefficient (Wildman–Crippen LogP) is 3.85. The number of ether oxygens (including phenoxy) is 1. The second-order valence-corrected chi connectivity index (χ2v) is 7.75. The monoisotopic (exact) mass is 390 g/mol. The van der Waals surface area contributed by atoms with Crippen LogP contribution in [0.2, 0.25) is 0 Å². The molecule has 3 heterocycles. The molecule has 1 amide bonds. The van der Waals surface area contributed by atoms with Gasteiger partial charge in [-0.1, -0.05) is 0 Å². The number of hydrogen-bond donors (Lipinski definition) is 0. The van der Waals surface area contributed by atoms with Crippen LogP contribution in [0.5, 0.6) is 0 Å². The van der Waals surface area contributed by atoms with Crippen LogP contribution < -0.4 is 0 Å². The van der Waals surface area contributed by atoms with Gasteiger partial charge < -0.3 is 14.2 Å². The van der Waals surface area contributed by atoms with Gasteiger partial charge in [0.2, 0.25) is 0 Å². The fraction of sp³-hybridized carbons (Fsp3) is 0.471. The first-order valence-corrected chi connectivity index (χ1v) is 8.63. The van der Waals surface area contributed by atoms with Gasteiger partial charge in [0.05, 0.1) is 11.6 Å². The second kappa shape index (κ2) is 6.10. The molecule has 6 nitrogen and oxygen atoms in total. The van der Waals surface area contributed by atoms with Crippen LogP contribution >= 0.6 is 15.9 Å². The van der Waals surface area contributed by atoms with Crippen LogP contribution in [-0.2, 0) is 4.74 Å². The number of nitrogens with zero attached hydrogens (tertiary/aromatic N) is 4. The number of fused-ring (bicyclic) bond motifs is 1. The zero-order valence-corrected chi connectivity index (χ0v) is 15.5. The molecular formula is C17H19BrN4O2. The molecule has 0 spiro atoms. The molecule has 0 unspecified atom stereocenters. The smallest absolute Gasteiger partial charge is 0.410 e. The standard InChI is InChI=1S/C17H19BrN4O2/c1-17(2,3)24-16(23)21-7-6-12(10-21)22-9-11(8-19)13-4-5-14(18)20-15(13)22/h4-5,9,12H,6-7,10H2,1-3H3/t12-/m1/s1. The van der Waals surface area contributed by atoms with Crippen LogP contribution in [0, 0.1) is 11.3 Å².